The number of amides is 1. The summed E-state index contributed by atoms with van der Waals surface area (Å²) in [6, 6.07) is 16.2. The Labute approximate surface area is 143 Å². The highest BCUT2D eigenvalue weighted by atomic mass is 32.2. The number of nitrogens with zero attached hydrogens (tertiary/aromatic N) is 1. The smallest absolute Gasteiger partial charge is 0.245 e. The van der Waals surface area contributed by atoms with Crippen molar-refractivity contribution in [2.24, 2.45) is 0 Å². The lowest BCUT2D eigenvalue weighted by atomic mass is 10.0. The Morgan fingerprint density at radius 1 is 1.04 bits per heavy atom. The van der Waals surface area contributed by atoms with Gasteiger partial charge in [-0.15, -0.1) is 0 Å². The Kier molecular flexibility index (Phi) is 5.62. The minimum Gasteiger partial charge on any atom is -0.325 e. The number of hydrogen-bond acceptors (Lipinski definition) is 3. The molecule has 0 spiro atoms. The van der Waals surface area contributed by atoms with Gasteiger partial charge < -0.3 is 5.32 Å². The van der Waals surface area contributed by atoms with Crippen molar-refractivity contribution in [2.75, 3.05) is 22.4 Å². The lowest BCUT2D eigenvalue weighted by Crippen LogP contribution is -2.37. The molecule has 0 aliphatic rings. The van der Waals surface area contributed by atoms with E-state index in [1.54, 1.807) is 36.4 Å². The number of nitrogens with one attached hydrogen (secondary N) is 1. The normalized spacial score (nSPS) is 11.3. The molecular formula is C18H22N2O3S. The second-order valence-corrected chi connectivity index (χ2v) is 7.84. The van der Waals surface area contributed by atoms with E-state index >= 15 is 0 Å². The number of carbonyl (C=O) groups excluding carboxylic acids is 1. The van der Waals surface area contributed by atoms with E-state index in [0.29, 0.717) is 17.3 Å². The number of rotatable bonds is 6. The van der Waals surface area contributed by atoms with Crippen molar-refractivity contribution in [3.63, 3.8) is 0 Å². The van der Waals surface area contributed by atoms with Crippen molar-refractivity contribution < 1.29 is 13.2 Å². The van der Waals surface area contributed by atoms with E-state index in [4.69, 9.17) is 0 Å². The molecule has 0 fully saturated rings. The third-order valence-corrected chi connectivity index (χ3v) is 4.73. The SMILES string of the molecule is CC(C)c1ccc(N(CC(=O)Nc2ccccc2)S(C)(=O)=O)cc1. The standard InChI is InChI=1S/C18H22N2O3S/c1-14(2)15-9-11-17(12-10-15)20(24(3,22)23)13-18(21)19-16-7-5-4-6-8-16/h4-12,14H,13H2,1-3H3,(H,19,21). The predicted molar refractivity (Wildman–Crippen MR) is 97.8 cm³/mol. The van der Waals surface area contributed by atoms with Gasteiger partial charge in [0.25, 0.3) is 0 Å². The van der Waals surface area contributed by atoms with Crippen LogP contribution in [0.3, 0.4) is 0 Å². The average Bonchev–Trinajstić information content (AvgIpc) is 2.52. The van der Waals surface area contributed by atoms with Gasteiger partial charge in [-0.25, -0.2) is 8.42 Å². The molecule has 0 saturated heterocycles. The number of benzene rings is 2. The average molecular weight is 346 g/mol. The van der Waals surface area contributed by atoms with E-state index in [0.717, 1.165) is 16.1 Å². The molecule has 2 rings (SSSR count). The molecule has 0 atom stereocenters. The Bertz CT molecular complexity index is 785. The highest BCUT2D eigenvalue weighted by molar-refractivity contribution is 7.92. The van der Waals surface area contributed by atoms with Gasteiger partial charge in [-0.3, -0.25) is 9.10 Å². The topological polar surface area (TPSA) is 66.5 Å². The minimum atomic E-state index is -3.57. The Morgan fingerprint density at radius 3 is 2.12 bits per heavy atom. The van der Waals surface area contributed by atoms with E-state index in [-0.39, 0.29) is 12.5 Å². The molecule has 0 unspecified atom stereocenters. The van der Waals surface area contributed by atoms with Gasteiger partial charge in [-0.05, 0) is 35.7 Å². The molecule has 0 bridgehead atoms. The molecule has 24 heavy (non-hydrogen) atoms. The molecule has 0 aromatic heterocycles. The summed E-state index contributed by atoms with van der Waals surface area (Å²) in [5, 5.41) is 2.70. The maximum Gasteiger partial charge on any atom is 0.245 e. The summed E-state index contributed by atoms with van der Waals surface area (Å²) in [5.41, 5.74) is 2.22. The van der Waals surface area contributed by atoms with Gasteiger partial charge in [0.05, 0.1) is 11.9 Å². The number of carbonyl (C=O) groups is 1. The molecule has 0 heterocycles. The number of para-hydroxylation sites is 1. The Morgan fingerprint density at radius 2 is 1.62 bits per heavy atom. The van der Waals surface area contributed by atoms with Gasteiger partial charge in [-0.2, -0.15) is 0 Å². The third-order valence-electron chi connectivity index (χ3n) is 3.59. The molecule has 2 aromatic rings. The van der Waals surface area contributed by atoms with E-state index in [1.165, 1.54) is 0 Å². The zero-order valence-corrected chi connectivity index (χ0v) is 14.9. The van der Waals surface area contributed by atoms with Crippen LogP contribution in [0.5, 0.6) is 0 Å². The van der Waals surface area contributed by atoms with Gasteiger partial charge in [-0.1, -0.05) is 44.2 Å². The van der Waals surface area contributed by atoms with Crippen LogP contribution in [-0.4, -0.2) is 27.1 Å². The molecule has 0 aliphatic heterocycles. The van der Waals surface area contributed by atoms with Gasteiger partial charge >= 0.3 is 0 Å². The fourth-order valence-corrected chi connectivity index (χ4v) is 3.13. The molecule has 1 amide bonds. The monoisotopic (exact) mass is 346 g/mol. The highest BCUT2D eigenvalue weighted by Crippen LogP contribution is 2.22. The van der Waals surface area contributed by atoms with E-state index in [2.05, 4.69) is 19.2 Å². The summed E-state index contributed by atoms with van der Waals surface area (Å²) in [6.45, 7) is 3.86. The number of anilines is 2. The van der Waals surface area contributed by atoms with E-state index in [1.807, 2.05) is 18.2 Å². The lowest BCUT2D eigenvalue weighted by Gasteiger charge is -2.22. The number of sulfonamides is 1. The summed E-state index contributed by atoms with van der Waals surface area (Å²) in [6.07, 6.45) is 1.10. The first-order valence-corrected chi connectivity index (χ1v) is 9.55. The zero-order chi connectivity index (χ0) is 17.7. The molecule has 6 heteroatoms. The van der Waals surface area contributed by atoms with Gasteiger partial charge in [0, 0.05) is 5.69 Å². The van der Waals surface area contributed by atoms with Crippen LogP contribution in [0.4, 0.5) is 11.4 Å². The summed E-state index contributed by atoms with van der Waals surface area (Å²) in [5.74, 6) is -0.0355. The maximum atomic E-state index is 12.2. The quantitative estimate of drug-likeness (QED) is 0.873. The molecule has 1 N–H and O–H groups in total. The second kappa shape index (κ2) is 7.49. The van der Waals surface area contributed by atoms with Crippen LogP contribution in [0.25, 0.3) is 0 Å². The first-order chi connectivity index (χ1) is 11.3. The summed E-state index contributed by atoms with van der Waals surface area (Å²) in [4.78, 5) is 12.2. The minimum absolute atomic E-state index is 0.269. The molecule has 0 aliphatic carbocycles. The van der Waals surface area contributed by atoms with Crippen LogP contribution in [-0.2, 0) is 14.8 Å². The van der Waals surface area contributed by atoms with Crippen molar-refractivity contribution in [1.82, 2.24) is 0 Å². The molecule has 0 saturated carbocycles. The molecule has 5 nitrogen and oxygen atoms in total. The first-order valence-electron chi connectivity index (χ1n) is 7.70. The fraction of sp³-hybridized carbons (Fsp3) is 0.278. The largest absolute Gasteiger partial charge is 0.325 e. The lowest BCUT2D eigenvalue weighted by molar-refractivity contribution is -0.114. The van der Waals surface area contributed by atoms with E-state index < -0.39 is 10.0 Å². The summed E-state index contributed by atoms with van der Waals surface area (Å²) in [7, 11) is -3.57. The van der Waals surface area contributed by atoms with Crippen LogP contribution in [0.2, 0.25) is 0 Å². The number of hydrogen-bond donors (Lipinski definition) is 1. The zero-order valence-electron chi connectivity index (χ0n) is 14.1. The van der Waals surface area contributed by atoms with Crippen molar-refractivity contribution >= 4 is 27.3 Å². The Balaban J connectivity index is 2.18. The van der Waals surface area contributed by atoms with Crippen molar-refractivity contribution in [3.05, 3.63) is 60.2 Å². The summed E-state index contributed by atoms with van der Waals surface area (Å²) >= 11 is 0. The molecular weight excluding hydrogens is 324 g/mol. The van der Waals surface area contributed by atoms with Gasteiger partial charge in [0.1, 0.15) is 6.54 Å². The third kappa shape index (κ3) is 4.83. The fourth-order valence-electron chi connectivity index (χ4n) is 2.28. The van der Waals surface area contributed by atoms with Crippen LogP contribution >= 0.6 is 0 Å². The molecule has 128 valence electrons. The molecule has 0 radical (unpaired) electrons. The van der Waals surface area contributed by atoms with Crippen molar-refractivity contribution in [2.45, 2.75) is 19.8 Å². The van der Waals surface area contributed by atoms with E-state index in [9.17, 15) is 13.2 Å². The van der Waals surface area contributed by atoms with Gasteiger partial charge in [0.15, 0.2) is 0 Å². The van der Waals surface area contributed by atoms with Crippen molar-refractivity contribution in [3.8, 4) is 0 Å². The maximum absolute atomic E-state index is 12.2. The van der Waals surface area contributed by atoms with Crippen LogP contribution < -0.4 is 9.62 Å². The van der Waals surface area contributed by atoms with Crippen LogP contribution in [0, 0.1) is 0 Å². The van der Waals surface area contributed by atoms with Crippen LogP contribution in [0.15, 0.2) is 54.6 Å². The first kappa shape index (κ1) is 18.0. The van der Waals surface area contributed by atoms with Gasteiger partial charge in [0.2, 0.25) is 15.9 Å². The van der Waals surface area contributed by atoms with Crippen molar-refractivity contribution in [1.29, 1.82) is 0 Å². The second-order valence-electron chi connectivity index (χ2n) is 5.93. The Hall–Kier alpha value is -2.34. The molecule has 2 aromatic carbocycles. The highest BCUT2D eigenvalue weighted by Gasteiger charge is 2.21. The van der Waals surface area contributed by atoms with Crippen LogP contribution in [0.1, 0.15) is 25.3 Å². The summed E-state index contributed by atoms with van der Waals surface area (Å²) < 4.78 is 25.3. The predicted octanol–water partition coefficient (Wildman–Crippen LogP) is 3.21.